The molecule has 5 N–H and O–H groups in total. The van der Waals surface area contributed by atoms with E-state index in [2.05, 4.69) is 16.0 Å². The number of hydrogen-bond acceptors (Lipinski definition) is 9. The second-order valence-corrected chi connectivity index (χ2v) is 7.41. The molecular formula is C22H41N3O10. The molecule has 35 heavy (non-hydrogen) atoms. The summed E-state index contributed by atoms with van der Waals surface area (Å²) in [7, 11) is 0. The van der Waals surface area contributed by atoms with Crippen molar-refractivity contribution in [2.45, 2.75) is 38.5 Å². The van der Waals surface area contributed by atoms with Crippen molar-refractivity contribution >= 4 is 23.7 Å². The van der Waals surface area contributed by atoms with Gasteiger partial charge in [0.25, 0.3) is 0 Å². The van der Waals surface area contributed by atoms with Gasteiger partial charge in [0.05, 0.1) is 39.6 Å². The highest BCUT2D eigenvalue weighted by Gasteiger charge is 2.04. The van der Waals surface area contributed by atoms with Crippen LogP contribution in [0.2, 0.25) is 0 Å². The van der Waals surface area contributed by atoms with Crippen molar-refractivity contribution in [3.05, 3.63) is 0 Å². The van der Waals surface area contributed by atoms with Gasteiger partial charge >= 0.3 is 5.97 Å². The zero-order valence-electron chi connectivity index (χ0n) is 20.4. The lowest BCUT2D eigenvalue weighted by Crippen LogP contribution is -2.31. The molecule has 0 bridgehead atoms. The molecule has 0 fully saturated rings. The summed E-state index contributed by atoms with van der Waals surface area (Å²) < 4.78 is 21.0. The van der Waals surface area contributed by atoms with Crippen LogP contribution in [0.4, 0.5) is 0 Å². The first-order valence-corrected chi connectivity index (χ1v) is 11.9. The Bertz CT molecular complexity index is 578. The third kappa shape index (κ3) is 26.1. The Kier molecular flexibility index (Phi) is 23.2. The summed E-state index contributed by atoms with van der Waals surface area (Å²) in [5, 5.41) is 25.2. The lowest BCUT2D eigenvalue weighted by atomic mass is 10.2. The molecule has 0 radical (unpaired) electrons. The third-order valence-corrected chi connectivity index (χ3v) is 4.30. The molecular weight excluding hydrogens is 466 g/mol. The molecule has 0 aliphatic rings. The Labute approximate surface area is 206 Å². The van der Waals surface area contributed by atoms with Crippen LogP contribution in [0.25, 0.3) is 0 Å². The predicted molar refractivity (Wildman–Crippen MR) is 125 cm³/mol. The highest BCUT2D eigenvalue weighted by atomic mass is 16.5. The fraction of sp³-hybridized carbons (Fsp3) is 0.818. The van der Waals surface area contributed by atoms with Crippen LogP contribution in [-0.2, 0) is 38.1 Å². The number of aliphatic carboxylic acids is 1. The minimum absolute atomic E-state index is 0.0350. The maximum absolute atomic E-state index is 11.6. The van der Waals surface area contributed by atoms with Gasteiger partial charge in [0.15, 0.2) is 0 Å². The normalized spacial score (nSPS) is 10.7. The molecule has 13 heteroatoms. The SMILES string of the molecule is O=C(O)CCCC(=O)NCCOCCOCC(=O)NCCOCCOCC(=O)NCCCCCO. The van der Waals surface area contributed by atoms with Gasteiger partial charge in [-0.25, -0.2) is 0 Å². The summed E-state index contributed by atoms with van der Waals surface area (Å²) in [4.78, 5) is 44.9. The Morgan fingerprint density at radius 3 is 1.60 bits per heavy atom. The molecule has 0 aromatic rings. The van der Waals surface area contributed by atoms with Crippen LogP contribution in [-0.4, -0.2) is 113 Å². The van der Waals surface area contributed by atoms with E-state index >= 15 is 0 Å². The number of ether oxygens (including phenoxy) is 4. The molecule has 3 amide bonds. The van der Waals surface area contributed by atoms with E-state index in [4.69, 9.17) is 29.2 Å². The molecule has 0 aromatic carbocycles. The third-order valence-electron chi connectivity index (χ3n) is 4.30. The van der Waals surface area contributed by atoms with Crippen molar-refractivity contribution in [1.29, 1.82) is 0 Å². The fourth-order valence-corrected chi connectivity index (χ4v) is 2.53. The van der Waals surface area contributed by atoms with E-state index in [0.29, 0.717) is 39.3 Å². The molecule has 0 saturated heterocycles. The number of amides is 3. The quantitative estimate of drug-likeness (QED) is 0.0943. The van der Waals surface area contributed by atoms with E-state index in [-0.39, 0.29) is 76.8 Å². The average molecular weight is 508 g/mol. The fourth-order valence-electron chi connectivity index (χ4n) is 2.53. The van der Waals surface area contributed by atoms with E-state index in [0.717, 1.165) is 19.3 Å². The minimum atomic E-state index is -0.925. The lowest BCUT2D eigenvalue weighted by Gasteiger charge is -2.09. The molecule has 0 rings (SSSR count). The van der Waals surface area contributed by atoms with Gasteiger partial charge in [-0.15, -0.1) is 0 Å². The number of aliphatic hydroxyl groups excluding tert-OH is 1. The smallest absolute Gasteiger partial charge is 0.303 e. The van der Waals surface area contributed by atoms with E-state index in [9.17, 15) is 19.2 Å². The number of rotatable bonds is 25. The van der Waals surface area contributed by atoms with E-state index in [1.54, 1.807) is 0 Å². The topological polar surface area (TPSA) is 182 Å². The molecule has 0 heterocycles. The number of nitrogens with one attached hydrogen (secondary N) is 3. The number of carbonyl (C=O) groups excluding carboxylic acids is 3. The Morgan fingerprint density at radius 1 is 0.543 bits per heavy atom. The van der Waals surface area contributed by atoms with Crippen LogP contribution in [0.1, 0.15) is 38.5 Å². The second-order valence-electron chi connectivity index (χ2n) is 7.41. The number of unbranched alkanes of at least 4 members (excludes halogenated alkanes) is 2. The monoisotopic (exact) mass is 507 g/mol. The van der Waals surface area contributed by atoms with Crippen molar-refractivity contribution in [2.24, 2.45) is 0 Å². The van der Waals surface area contributed by atoms with Gasteiger partial charge in [-0.2, -0.15) is 0 Å². The molecule has 204 valence electrons. The molecule has 0 spiro atoms. The zero-order chi connectivity index (χ0) is 26.0. The lowest BCUT2D eigenvalue weighted by molar-refractivity contribution is -0.137. The second kappa shape index (κ2) is 24.8. The predicted octanol–water partition coefficient (Wildman–Crippen LogP) is -1.18. The summed E-state index contributed by atoms with van der Waals surface area (Å²) >= 11 is 0. The largest absolute Gasteiger partial charge is 0.481 e. The van der Waals surface area contributed by atoms with Gasteiger partial charge in [-0.3, -0.25) is 19.2 Å². The van der Waals surface area contributed by atoms with Crippen LogP contribution in [0, 0.1) is 0 Å². The summed E-state index contributed by atoms with van der Waals surface area (Å²) in [6.07, 6.45) is 2.85. The summed E-state index contributed by atoms with van der Waals surface area (Å²) in [6.45, 7) is 2.87. The summed E-state index contributed by atoms with van der Waals surface area (Å²) in [6, 6.07) is 0. The summed E-state index contributed by atoms with van der Waals surface area (Å²) in [5.74, 6) is -1.62. The number of carbonyl (C=O) groups is 4. The number of carboxylic acid groups (broad SMARTS) is 1. The van der Waals surface area contributed by atoms with Crippen LogP contribution in [0.5, 0.6) is 0 Å². The minimum Gasteiger partial charge on any atom is -0.481 e. The van der Waals surface area contributed by atoms with Gasteiger partial charge in [-0.05, 0) is 25.7 Å². The number of carboxylic acids is 1. The molecule has 0 unspecified atom stereocenters. The molecule has 0 aliphatic carbocycles. The van der Waals surface area contributed by atoms with Crippen LogP contribution in [0.3, 0.4) is 0 Å². The van der Waals surface area contributed by atoms with Crippen LogP contribution >= 0.6 is 0 Å². The maximum Gasteiger partial charge on any atom is 0.303 e. The first kappa shape index (κ1) is 32.7. The number of aliphatic hydroxyl groups is 1. The Hall–Kier alpha value is -2.32. The molecule has 0 atom stereocenters. The summed E-state index contributed by atoms with van der Waals surface area (Å²) in [5.41, 5.74) is 0. The Balaban J connectivity index is 3.33. The van der Waals surface area contributed by atoms with Crippen molar-refractivity contribution in [2.75, 3.05) is 79.1 Å². The zero-order valence-corrected chi connectivity index (χ0v) is 20.4. The molecule has 13 nitrogen and oxygen atoms in total. The standard InChI is InChI=1S/C22H41N3O10/c26-10-3-1-2-7-23-20(28)17-34-15-14-33-12-9-25-21(29)18-35-16-13-32-11-8-24-19(27)5-4-6-22(30)31/h26H,1-18H2,(H,23,28)(H,24,27)(H,25,29)(H,30,31). The van der Waals surface area contributed by atoms with Crippen molar-refractivity contribution < 1.29 is 48.3 Å². The molecule has 0 aromatic heterocycles. The van der Waals surface area contributed by atoms with E-state index < -0.39 is 5.97 Å². The van der Waals surface area contributed by atoms with Crippen molar-refractivity contribution in [3.8, 4) is 0 Å². The molecule has 0 aliphatic heterocycles. The average Bonchev–Trinajstić information content (AvgIpc) is 2.82. The number of hydrogen-bond donors (Lipinski definition) is 5. The highest BCUT2D eigenvalue weighted by molar-refractivity contribution is 5.77. The van der Waals surface area contributed by atoms with Gasteiger partial charge in [0.1, 0.15) is 13.2 Å². The first-order valence-electron chi connectivity index (χ1n) is 11.9. The van der Waals surface area contributed by atoms with Crippen molar-refractivity contribution in [3.63, 3.8) is 0 Å². The van der Waals surface area contributed by atoms with Crippen LogP contribution in [0.15, 0.2) is 0 Å². The van der Waals surface area contributed by atoms with Gasteiger partial charge in [0, 0.05) is 39.1 Å². The molecule has 0 saturated carbocycles. The van der Waals surface area contributed by atoms with E-state index in [1.807, 2.05) is 0 Å². The first-order chi connectivity index (χ1) is 17.0. The van der Waals surface area contributed by atoms with Crippen LogP contribution < -0.4 is 16.0 Å². The van der Waals surface area contributed by atoms with Crippen molar-refractivity contribution in [1.82, 2.24) is 16.0 Å². The van der Waals surface area contributed by atoms with Gasteiger partial charge < -0.3 is 45.1 Å². The van der Waals surface area contributed by atoms with E-state index in [1.165, 1.54) is 0 Å². The van der Waals surface area contributed by atoms with Gasteiger partial charge in [-0.1, -0.05) is 0 Å². The van der Waals surface area contributed by atoms with Gasteiger partial charge in [0.2, 0.25) is 17.7 Å². The Morgan fingerprint density at radius 2 is 1.06 bits per heavy atom. The highest BCUT2D eigenvalue weighted by Crippen LogP contribution is 1.94. The maximum atomic E-state index is 11.6.